The number of carbonyl (C=O) groups is 1. The van der Waals surface area contributed by atoms with Crippen LogP contribution < -0.4 is 5.32 Å². The van der Waals surface area contributed by atoms with Crippen molar-refractivity contribution in [2.75, 3.05) is 0 Å². The fourth-order valence-corrected chi connectivity index (χ4v) is 0.915. The van der Waals surface area contributed by atoms with Crippen LogP contribution in [0.25, 0.3) is 0 Å². The summed E-state index contributed by atoms with van der Waals surface area (Å²) in [5.41, 5.74) is 0.0712. The lowest BCUT2D eigenvalue weighted by Gasteiger charge is -2.06. The minimum absolute atomic E-state index is 0.0712. The van der Waals surface area contributed by atoms with E-state index in [2.05, 4.69) is 23.6 Å². The zero-order valence-electron chi connectivity index (χ0n) is 7.29. The second-order valence-corrected chi connectivity index (χ2v) is 2.85. The number of nitrogens with zero attached hydrogens (tertiary/aromatic N) is 1. The molecule has 4 nitrogen and oxygen atoms in total. The van der Waals surface area contributed by atoms with Gasteiger partial charge in [0, 0.05) is 6.04 Å². The van der Waals surface area contributed by atoms with E-state index >= 15 is 0 Å². The summed E-state index contributed by atoms with van der Waals surface area (Å²) >= 11 is 0. The number of hydrogen-bond acceptors (Lipinski definition) is 3. The van der Waals surface area contributed by atoms with Crippen molar-refractivity contribution in [1.82, 2.24) is 5.32 Å². The highest BCUT2D eigenvalue weighted by molar-refractivity contribution is 5.90. The SMILES string of the molecule is C=C/C(C(=O)O)=C(\N=C)NC1CC1. The van der Waals surface area contributed by atoms with Crippen LogP contribution in [0.3, 0.4) is 0 Å². The summed E-state index contributed by atoms with van der Waals surface area (Å²) in [6, 6.07) is 0.356. The van der Waals surface area contributed by atoms with E-state index in [1.807, 2.05) is 0 Å². The van der Waals surface area contributed by atoms with Gasteiger partial charge in [0.1, 0.15) is 11.4 Å². The first kappa shape index (κ1) is 9.51. The van der Waals surface area contributed by atoms with Crippen LogP contribution in [0.2, 0.25) is 0 Å². The van der Waals surface area contributed by atoms with Crippen molar-refractivity contribution in [2.45, 2.75) is 18.9 Å². The minimum Gasteiger partial charge on any atom is -0.478 e. The molecule has 2 N–H and O–H groups in total. The van der Waals surface area contributed by atoms with E-state index < -0.39 is 5.97 Å². The first-order chi connectivity index (χ1) is 6.19. The molecule has 1 fully saturated rings. The molecule has 0 aromatic carbocycles. The molecule has 0 bridgehead atoms. The summed E-state index contributed by atoms with van der Waals surface area (Å²) in [4.78, 5) is 14.3. The van der Waals surface area contributed by atoms with E-state index in [-0.39, 0.29) is 5.57 Å². The largest absolute Gasteiger partial charge is 0.478 e. The summed E-state index contributed by atoms with van der Waals surface area (Å²) in [7, 11) is 0. The third-order valence-electron chi connectivity index (χ3n) is 1.77. The molecule has 0 heterocycles. The molecule has 0 atom stereocenters. The Morgan fingerprint density at radius 3 is 2.54 bits per heavy atom. The molecule has 0 radical (unpaired) electrons. The van der Waals surface area contributed by atoms with Crippen molar-refractivity contribution in [2.24, 2.45) is 4.99 Å². The number of hydrogen-bond donors (Lipinski definition) is 2. The lowest BCUT2D eigenvalue weighted by atomic mass is 10.2. The summed E-state index contributed by atoms with van der Waals surface area (Å²) in [5, 5.41) is 11.7. The second kappa shape index (κ2) is 3.89. The van der Waals surface area contributed by atoms with Gasteiger partial charge in [-0.25, -0.2) is 9.79 Å². The number of carboxylic acid groups (broad SMARTS) is 1. The highest BCUT2D eigenvalue weighted by atomic mass is 16.4. The first-order valence-corrected chi connectivity index (χ1v) is 4.02. The molecule has 4 heteroatoms. The van der Waals surface area contributed by atoms with Crippen LogP contribution in [0, 0.1) is 0 Å². The molecule has 13 heavy (non-hydrogen) atoms. The predicted octanol–water partition coefficient (Wildman–Crippen LogP) is 0.921. The topological polar surface area (TPSA) is 61.7 Å². The maximum Gasteiger partial charge on any atom is 0.339 e. The summed E-state index contributed by atoms with van der Waals surface area (Å²) in [6.07, 6.45) is 3.38. The standard InChI is InChI=1S/C9H12N2O2/c1-3-7(9(12)13)8(10-2)11-6-4-5-6/h3,6,11H,1-2,4-5H2,(H,12,13)/b8-7-. The van der Waals surface area contributed by atoms with E-state index in [9.17, 15) is 4.79 Å². The molecule has 70 valence electrons. The van der Waals surface area contributed by atoms with Gasteiger partial charge in [-0.15, -0.1) is 0 Å². The first-order valence-electron chi connectivity index (χ1n) is 4.02. The van der Waals surface area contributed by atoms with Gasteiger partial charge in [-0.1, -0.05) is 12.7 Å². The van der Waals surface area contributed by atoms with Gasteiger partial charge in [0.15, 0.2) is 0 Å². The third-order valence-corrected chi connectivity index (χ3v) is 1.77. The molecular weight excluding hydrogens is 168 g/mol. The van der Waals surface area contributed by atoms with Crippen LogP contribution in [0.4, 0.5) is 0 Å². The van der Waals surface area contributed by atoms with Gasteiger partial charge in [-0.05, 0) is 19.6 Å². The number of nitrogens with one attached hydrogen (secondary N) is 1. The van der Waals surface area contributed by atoms with Gasteiger partial charge in [0.2, 0.25) is 0 Å². The van der Waals surface area contributed by atoms with E-state index in [0.717, 1.165) is 12.8 Å². The van der Waals surface area contributed by atoms with Crippen molar-refractivity contribution in [3.63, 3.8) is 0 Å². The van der Waals surface area contributed by atoms with E-state index in [4.69, 9.17) is 5.11 Å². The van der Waals surface area contributed by atoms with Gasteiger partial charge in [-0.3, -0.25) is 0 Å². The van der Waals surface area contributed by atoms with Crippen LogP contribution in [-0.2, 0) is 4.79 Å². The Bertz CT molecular complexity index is 277. The summed E-state index contributed by atoms with van der Waals surface area (Å²) in [5.74, 6) is -0.726. The number of carboxylic acids is 1. The van der Waals surface area contributed by atoms with Crippen LogP contribution >= 0.6 is 0 Å². The van der Waals surface area contributed by atoms with Crippen molar-refractivity contribution in [3.8, 4) is 0 Å². The molecule has 0 unspecified atom stereocenters. The van der Waals surface area contributed by atoms with Crippen LogP contribution in [-0.4, -0.2) is 23.8 Å². The van der Waals surface area contributed by atoms with Gasteiger partial charge in [0.25, 0.3) is 0 Å². The number of rotatable bonds is 5. The molecule has 0 aromatic heterocycles. The molecule has 0 saturated heterocycles. The van der Waals surface area contributed by atoms with Crippen molar-refractivity contribution in [1.29, 1.82) is 0 Å². The van der Waals surface area contributed by atoms with E-state index in [1.165, 1.54) is 6.08 Å². The van der Waals surface area contributed by atoms with Gasteiger partial charge < -0.3 is 10.4 Å². The molecular formula is C9H12N2O2. The molecule has 1 aliphatic carbocycles. The lowest BCUT2D eigenvalue weighted by molar-refractivity contribution is -0.132. The highest BCUT2D eigenvalue weighted by Gasteiger charge is 2.23. The maximum absolute atomic E-state index is 10.7. The van der Waals surface area contributed by atoms with Crippen LogP contribution in [0.15, 0.2) is 29.0 Å². The van der Waals surface area contributed by atoms with Crippen molar-refractivity contribution in [3.05, 3.63) is 24.0 Å². The minimum atomic E-state index is -1.04. The molecule has 1 rings (SSSR count). The maximum atomic E-state index is 10.7. The van der Waals surface area contributed by atoms with Gasteiger partial charge in [-0.2, -0.15) is 0 Å². The van der Waals surface area contributed by atoms with Crippen LogP contribution in [0.5, 0.6) is 0 Å². The normalized spacial score (nSPS) is 17.2. The van der Waals surface area contributed by atoms with Crippen molar-refractivity contribution < 1.29 is 9.90 Å². The Morgan fingerprint density at radius 2 is 2.23 bits per heavy atom. The average Bonchev–Trinajstić information content (AvgIpc) is 2.87. The van der Waals surface area contributed by atoms with Gasteiger partial charge >= 0.3 is 5.97 Å². The Labute approximate surface area is 76.7 Å². The van der Waals surface area contributed by atoms with Gasteiger partial charge in [0.05, 0.1) is 0 Å². The smallest absolute Gasteiger partial charge is 0.339 e. The zero-order valence-corrected chi connectivity index (χ0v) is 7.29. The summed E-state index contributed by atoms with van der Waals surface area (Å²) in [6.45, 7) is 6.72. The highest BCUT2D eigenvalue weighted by Crippen LogP contribution is 2.21. The molecule has 1 aliphatic rings. The van der Waals surface area contributed by atoms with Crippen molar-refractivity contribution >= 4 is 12.7 Å². The fraction of sp³-hybridized carbons (Fsp3) is 0.333. The number of aliphatic imine (C=N–C) groups is 1. The molecule has 0 aromatic rings. The average molecular weight is 180 g/mol. The van der Waals surface area contributed by atoms with Crippen LogP contribution in [0.1, 0.15) is 12.8 Å². The Hall–Kier alpha value is -1.58. The molecule has 1 saturated carbocycles. The summed E-state index contributed by atoms with van der Waals surface area (Å²) < 4.78 is 0. The monoisotopic (exact) mass is 180 g/mol. The van der Waals surface area contributed by atoms with E-state index in [0.29, 0.717) is 11.9 Å². The Balaban J connectivity index is 2.83. The molecule has 0 amide bonds. The lowest BCUT2D eigenvalue weighted by Crippen LogP contribution is -2.18. The Morgan fingerprint density at radius 1 is 1.62 bits per heavy atom. The quantitative estimate of drug-likeness (QED) is 0.375. The zero-order chi connectivity index (χ0) is 9.84. The molecule has 0 spiro atoms. The molecule has 0 aliphatic heterocycles. The second-order valence-electron chi connectivity index (χ2n) is 2.85. The Kier molecular flexibility index (Phi) is 2.84. The third kappa shape index (κ3) is 2.43. The number of aliphatic carboxylic acids is 1. The van der Waals surface area contributed by atoms with E-state index in [1.54, 1.807) is 0 Å². The predicted molar refractivity (Wildman–Crippen MR) is 50.6 cm³/mol. The fourth-order valence-electron chi connectivity index (χ4n) is 0.915.